The summed E-state index contributed by atoms with van der Waals surface area (Å²) in [5.74, 6) is 0.406. The van der Waals surface area contributed by atoms with Crippen molar-refractivity contribution in [2.45, 2.75) is 0 Å². The van der Waals surface area contributed by atoms with Crippen LogP contribution in [0.4, 0.5) is 10.5 Å². The molecule has 3 aromatic rings. The van der Waals surface area contributed by atoms with Crippen LogP contribution in [0.5, 0.6) is 11.6 Å². The quantitative estimate of drug-likeness (QED) is 0.631. The van der Waals surface area contributed by atoms with Gasteiger partial charge in [-0.3, -0.25) is 10.2 Å². The van der Waals surface area contributed by atoms with E-state index in [1.165, 1.54) is 0 Å². The molecule has 7 nitrogen and oxygen atoms in total. The second-order valence-electron chi connectivity index (χ2n) is 5.17. The minimum atomic E-state index is -0.625. The Labute approximate surface area is 150 Å². The molecule has 1 aromatic heterocycles. The van der Waals surface area contributed by atoms with Crippen LogP contribution in [0.25, 0.3) is 0 Å². The van der Waals surface area contributed by atoms with E-state index in [-0.39, 0.29) is 5.88 Å². The summed E-state index contributed by atoms with van der Waals surface area (Å²) >= 11 is 0. The summed E-state index contributed by atoms with van der Waals surface area (Å²) in [6, 6.07) is 20.3. The molecule has 0 atom stereocenters. The highest BCUT2D eigenvalue weighted by Crippen LogP contribution is 2.26. The molecule has 0 saturated heterocycles. The van der Waals surface area contributed by atoms with Gasteiger partial charge >= 0.3 is 6.03 Å². The summed E-state index contributed by atoms with van der Waals surface area (Å²) in [6.45, 7) is 0. The van der Waals surface area contributed by atoms with Crippen LogP contribution in [-0.4, -0.2) is 16.9 Å². The first-order valence-corrected chi connectivity index (χ1v) is 7.83. The molecule has 0 aliphatic carbocycles. The zero-order chi connectivity index (χ0) is 18.2. The Morgan fingerprint density at radius 2 is 1.50 bits per heavy atom. The van der Waals surface area contributed by atoms with Crippen molar-refractivity contribution in [3.05, 3.63) is 84.6 Å². The van der Waals surface area contributed by atoms with Crippen molar-refractivity contribution < 1.29 is 14.3 Å². The van der Waals surface area contributed by atoms with E-state index in [1.54, 1.807) is 60.8 Å². The zero-order valence-corrected chi connectivity index (χ0v) is 13.7. The molecule has 1 heterocycles. The predicted octanol–water partition coefficient (Wildman–Crippen LogP) is 3.34. The highest BCUT2D eigenvalue weighted by molar-refractivity contribution is 5.97. The fourth-order valence-electron chi connectivity index (χ4n) is 2.10. The lowest BCUT2D eigenvalue weighted by Crippen LogP contribution is -2.43. The van der Waals surface area contributed by atoms with Gasteiger partial charge in [-0.2, -0.15) is 0 Å². The molecule has 0 spiro atoms. The number of anilines is 1. The number of para-hydroxylation sites is 1. The maximum Gasteiger partial charge on any atom is 0.338 e. The number of benzene rings is 2. The number of nitrogens with zero attached hydrogens (tertiary/aromatic N) is 1. The van der Waals surface area contributed by atoms with Crippen molar-refractivity contribution in [1.29, 1.82) is 0 Å². The monoisotopic (exact) mass is 348 g/mol. The third-order valence-electron chi connectivity index (χ3n) is 3.30. The fraction of sp³-hybridized carbons (Fsp3) is 0. The first-order valence-electron chi connectivity index (χ1n) is 7.83. The van der Waals surface area contributed by atoms with Crippen LogP contribution >= 0.6 is 0 Å². The summed E-state index contributed by atoms with van der Waals surface area (Å²) in [4.78, 5) is 28.1. The van der Waals surface area contributed by atoms with E-state index in [0.29, 0.717) is 17.0 Å². The number of carbonyl (C=O) groups excluding carboxylic acids is 2. The van der Waals surface area contributed by atoms with E-state index in [9.17, 15) is 9.59 Å². The standard InChI is InChI=1S/C19H16N4O3/c24-17(14-8-3-1-4-9-14)22-23-19(25)21-16-12-7-13-20-18(16)26-15-10-5-2-6-11-15/h1-13H,(H,22,24)(H2,21,23,25). The summed E-state index contributed by atoms with van der Waals surface area (Å²) in [7, 11) is 0. The van der Waals surface area contributed by atoms with E-state index in [4.69, 9.17) is 4.74 Å². The fourth-order valence-corrected chi connectivity index (χ4v) is 2.10. The van der Waals surface area contributed by atoms with E-state index >= 15 is 0 Å². The van der Waals surface area contributed by atoms with Crippen LogP contribution in [0.15, 0.2) is 79.0 Å². The molecular weight excluding hydrogens is 332 g/mol. The molecule has 0 fully saturated rings. The molecule has 0 aliphatic heterocycles. The van der Waals surface area contributed by atoms with Crippen LogP contribution in [0.1, 0.15) is 10.4 Å². The Hall–Kier alpha value is -3.87. The topological polar surface area (TPSA) is 92.4 Å². The zero-order valence-electron chi connectivity index (χ0n) is 13.7. The lowest BCUT2D eigenvalue weighted by molar-refractivity contribution is 0.0938. The van der Waals surface area contributed by atoms with E-state index < -0.39 is 11.9 Å². The maximum atomic E-state index is 12.0. The van der Waals surface area contributed by atoms with Crippen LogP contribution in [-0.2, 0) is 0 Å². The molecule has 0 unspecified atom stereocenters. The van der Waals surface area contributed by atoms with E-state index in [1.807, 2.05) is 18.2 Å². The van der Waals surface area contributed by atoms with E-state index in [0.717, 1.165) is 0 Å². The molecule has 3 N–H and O–H groups in total. The van der Waals surface area contributed by atoms with Crippen molar-refractivity contribution in [2.75, 3.05) is 5.32 Å². The van der Waals surface area contributed by atoms with Gasteiger partial charge in [0.05, 0.1) is 0 Å². The van der Waals surface area contributed by atoms with Crippen molar-refractivity contribution >= 4 is 17.6 Å². The third-order valence-corrected chi connectivity index (χ3v) is 3.30. The van der Waals surface area contributed by atoms with Gasteiger partial charge in [0.25, 0.3) is 5.91 Å². The summed E-state index contributed by atoms with van der Waals surface area (Å²) in [5, 5.41) is 2.59. The molecule has 2 aromatic carbocycles. The second kappa shape index (κ2) is 8.29. The third kappa shape index (κ3) is 4.57. The molecule has 0 bridgehead atoms. The summed E-state index contributed by atoms with van der Waals surface area (Å²) in [5.41, 5.74) is 5.41. The number of ether oxygens (including phenoxy) is 1. The van der Waals surface area contributed by atoms with Crippen LogP contribution in [0, 0.1) is 0 Å². The molecule has 0 saturated carbocycles. The average Bonchev–Trinajstić information content (AvgIpc) is 2.69. The number of urea groups is 1. The predicted molar refractivity (Wildman–Crippen MR) is 96.8 cm³/mol. The van der Waals surface area contributed by atoms with Gasteiger partial charge in [0, 0.05) is 11.8 Å². The van der Waals surface area contributed by atoms with Gasteiger partial charge in [-0.15, -0.1) is 0 Å². The number of hydrogen-bond acceptors (Lipinski definition) is 4. The average molecular weight is 348 g/mol. The number of hydrazine groups is 1. The molecule has 0 radical (unpaired) electrons. The van der Waals surface area contributed by atoms with Gasteiger partial charge in [0.2, 0.25) is 5.88 Å². The molecule has 7 heteroatoms. The van der Waals surface area contributed by atoms with Crippen molar-refractivity contribution in [1.82, 2.24) is 15.8 Å². The smallest absolute Gasteiger partial charge is 0.338 e. The van der Waals surface area contributed by atoms with Crippen LogP contribution < -0.4 is 20.9 Å². The van der Waals surface area contributed by atoms with Gasteiger partial charge in [0.1, 0.15) is 11.4 Å². The van der Waals surface area contributed by atoms with Crippen molar-refractivity contribution in [3.8, 4) is 11.6 Å². The Kier molecular flexibility index (Phi) is 5.41. The number of nitrogens with one attached hydrogen (secondary N) is 3. The number of rotatable bonds is 4. The number of amides is 3. The molecule has 3 amide bonds. The Morgan fingerprint density at radius 3 is 2.23 bits per heavy atom. The summed E-state index contributed by atoms with van der Waals surface area (Å²) < 4.78 is 5.66. The highest BCUT2D eigenvalue weighted by Gasteiger charge is 2.11. The minimum Gasteiger partial charge on any atom is -0.437 e. The van der Waals surface area contributed by atoms with Crippen LogP contribution in [0.2, 0.25) is 0 Å². The lowest BCUT2D eigenvalue weighted by Gasteiger charge is -2.12. The van der Waals surface area contributed by atoms with Crippen LogP contribution in [0.3, 0.4) is 0 Å². The molecular formula is C19H16N4O3. The Bertz CT molecular complexity index is 886. The largest absolute Gasteiger partial charge is 0.437 e. The first kappa shape index (κ1) is 17.0. The van der Waals surface area contributed by atoms with Gasteiger partial charge in [0.15, 0.2) is 0 Å². The maximum absolute atomic E-state index is 12.0. The normalized spacial score (nSPS) is 9.85. The number of pyridine rings is 1. The molecule has 26 heavy (non-hydrogen) atoms. The number of carbonyl (C=O) groups is 2. The first-order chi connectivity index (χ1) is 12.7. The lowest BCUT2D eigenvalue weighted by atomic mass is 10.2. The van der Waals surface area contributed by atoms with Crippen molar-refractivity contribution in [2.24, 2.45) is 0 Å². The highest BCUT2D eigenvalue weighted by atomic mass is 16.5. The van der Waals surface area contributed by atoms with Gasteiger partial charge in [-0.1, -0.05) is 36.4 Å². The molecule has 0 aliphatic rings. The van der Waals surface area contributed by atoms with Gasteiger partial charge < -0.3 is 10.1 Å². The SMILES string of the molecule is O=C(NNC(=O)c1ccccc1)Nc1cccnc1Oc1ccccc1. The van der Waals surface area contributed by atoms with Gasteiger partial charge in [-0.05, 0) is 36.4 Å². The molecule has 130 valence electrons. The summed E-state index contributed by atoms with van der Waals surface area (Å²) in [6.07, 6.45) is 1.55. The van der Waals surface area contributed by atoms with Crippen molar-refractivity contribution in [3.63, 3.8) is 0 Å². The minimum absolute atomic E-state index is 0.239. The van der Waals surface area contributed by atoms with Gasteiger partial charge in [-0.25, -0.2) is 15.2 Å². The number of aromatic nitrogens is 1. The molecule has 3 rings (SSSR count). The Balaban J connectivity index is 1.60. The Morgan fingerprint density at radius 1 is 0.808 bits per heavy atom. The number of hydrogen-bond donors (Lipinski definition) is 3. The van der Waals surface area contributed by atoms with E-state index in [2.05, 4.69) is 21.2 Å². The second-order valence-corrected chi connectivity index (χ2v) is 5.17.